The molecule has 3 aromatic carbocycles. The van der Waals surface area contributed by atoms with E-state index >= 15 is 0 Å². The van der Waals surface area contributed by atoms with Gasteiger partial charge in [-0.25, -0.2) is 10.2 Å². The lowest BCUT2D eigenvalue weighted by molar-refractivity contribution is -0.121. The zero-order valence-electron chi connectivity index (χ0n) is 19.6. The van der Waals surface area contributed by atoms with E-state index < -0.39 is 5.97 Å². The Hall–Kier alpha value is -3.18. The highest BCUT2D eigenvalue weighted by Gasteiger charge is 2.13. The molecular weight excluding hydrogens is 448 g/mol. The number of nitrogens with one attached hydrogen (secondary N) is 1. The summed E-state index contributed by atoms with van der Waals surface area (Å²) < 4.78 is 5.67. The molecule has 5 nitrogen and oxygen atoms in total. The Kier molecular flexibility index (Phi) is 10.1. The van der Waals surface area contributed by atoms with Gasteiger partial charge in [-0.3, -0.25) is 4.79 Å². The SMILES string of the molecule is CCCCCCCCCC(=O)N/N=C\c1c(OC(=O)c2ccc(Cl)cc2)ccc2ccccc12. The zero-order chi connectivity index (χ0) is 24.2. The minimum Gasteiger partial charge on any atom is -0.422 e. The molecule has 0 bridgehead atoms. The van der Waals surface area contributed by atoms with E-state index in [1.807, 2.05) is 30.3 Å². The molecular formula is C28H31ClN2O3. The molecule has 1 amide bonds. The van der Waals surface area contributed by atoms with E-state index in [9.17, 15) is 9.59 Å². The van der Waals surface area contributed by atoms with Crippen molar-refractivity contribution in [3.05, 3.63) is 76.8 Å². The number of rotatable bonds is 12. The van der Waals surface area contributed by atoms with E-state index in [1.165, 1.54) is 31.9 Å². The second kappa shape index (κ2) is 13.5. The van der Waals surface area contributed by atoms with E-state index in [0.717, 1.165) is 30.0 Å². The monoisotopic (exact) mass is 478 g/mol. The van der Waals surface area contributed by atoms with Gasteiger partial charge in [-0.05, 0) is 47.5 Å². The number of benzene rings is 3. The molecule has 0 saturated heterocycles. The van der Waals surface area contributed by atoms with Crippen molar-refractivity contribution in [3.63, 3.8) is 0 Å². The largest absolute Gasteiger partial charge is 0.422 e. The van der Waals surface area contributed by atoms with Gasteiger partial charge in [0.25, 0.3) is 0 Å². The summed E-state index contributed by atoms with van der Waals surface area (Å²) in [5.41, 5.74) is 3.61. The van der Waals surface area contributed by atoms with Gasteiger partial charge >= 0.3 is 5.97 Å². The second-order valence-electron chi connectivity index (χ2n) is 8.26. The van der Waals surface area contributed by atoms with Crippen molar-refractivity contribution in [2.45, 2.75) is 58.3 Å². The molecule has 0 unspecified atom stereocenters. The predicted octanol–water partition coefficient (Wildman–Crippen LogP) is 7.30. The predicted molar refractivity (Wildman–Crippen MR) is 139 cm³/mol. The van der Waals surface area contributed by atoms with Crippen LogP contribution in [-0.4, -0.2) is 18.1 Å². The van der Waals surface area contributed by atoms with Crippen molar-refractivity contribution >= 4 is 40.5 Å². The van der Waals surface area contributed by atoms with Gasteiger partial charge in [0.1, 0.15) is 5.75 Å². The molecule has 6 heteroatoms. The van der Waals surface area contributed by atoms with Gasteiger partial charge in [-0.1, -0.05) is 87.4 Å². The van der Waals surface area contributed by atoms with Crippen molar-refractivity contribution in [3.8, 4) is 5.75 Å². The van der Waals surface area contributed by atoms with Gasteiger partial charge in [0.15, 0.2) is 0 Å². The minimum absolute atomic E-state index is 0.121. The Balaban J connectivity index is 1.64. The van der Waals surface area contributed by atoms with Gasteiger partial charge in [-0.15, -0.1) is 0 Å². The van der Waals surface area contributed by atoms with E-state index in [4.69, 9.17) is 16.3 Å². The van der Waals surface area contributed by atoms with E-state index in [0.29, 0.717) is 28.3 Å². The number of carbonyl (C=O) groups excluding carboxylic acids is 2. The van der Waals surface area contributed by atoms with Crippen LogP contribution in [0.1, 0.15) is 74.2 Å². The molecule has 0 heterocycles. The average molecular weight is 479 g/mol. The minimum atomic E-state index is -0.496. The van der Waals surface area contributed by atoms with Crippen LogP contribution in [0.2, 0.25) is 5.02 Å². The van der Waals surface area contributed by atoms with E-state index in [2.05, 4.69) is 17.5 Å². The maximum absolute atomic E-state index is 12.6. The van der Waals surface area contributed by atoms with Crippen molar-refractivity contribution in [1.29, 1.82) is 0 Å². The summed E-state index contributed by atoms with van der Waals surface area (Å²) in [6, 6.07) is 17.9. The first-order valence-electron chi connectivity index (χ1n) is 11.9. The third kappa shape index (κ3) is 7.70. The van der Waals surface area contributed by atoms with Crippen molar-refractivity contribution in [2.75, 3.05) is 0 Å². The number of fused-ring (bicyclic) bond motifs is 1. The first kappa shape index (κ1) is 25.4. The number of hydrogen-bond acceptors (Lipinski definition) is 4. The van der Waals surface area contributed by atoms with Crippen molar-refractivity contribution < 1.29 is 14.3 Å². The van der Waals surface area contributed by atoms with Gasteiger partial charge in [0.05, 0.1) is 11.8 Å². The summed E-state index contributed by atoms with van der Waals surface area (Å²) in [6.07, 6.45) is 10.1. The Morgan fingerprint density at radius 3 is 2.38 bits per heavy atom. The number of nitrogens with zero attached hydrogens (tertiary/aromatic N) is 1. The molecule has 0 spiro atoms. The van der Waals surface area contributed by atoms with Crippen LogP contribution in [0.5, 0.6) is 5.75 Å². The van der Waals surface area contributed by atoms with Gasteiger partial charge in [0, 0.05) is 17.0 Å². The van der Waals surface area contributed by atoms with Crippen LogP contribution in [-0.2, 0) is 4.79 Å². The summed E-state index contributed by atoms with van der Waals surface area (Å²) in [7, 11) is 0. The molecule has 0 radical (unpaired) electrons. The summed E-state index contributed by atoms with van der Waals surface area (Å²) in [5, 5.41) is 6.54. The maximum Gasteiger partial charge on any atom is 0.343 e. The van der Waals surface area contributed by atoms with Crippen LogP contribution < -0.4 is 10.2 Å². The van der Waals surface area contributed by atoms with Crippen molar-refractivity contribution in [2.24, 2.45) is 5.10 Å². The third-order valence-corrected chi connectivity index (χ3v) is 5.86. The molecule has 0 saturated carbocycles. The molecule has 0 fully saturated rings. The maximum atomic E-state index is 12.6. The lowest BCUT2D eigenvalue weighted by atomic mass is 10.0. The first-order valence-corrected chi connectivity index (χ1v) is 12.3. The van der Waals surface area contributed by atoms with Gasteiger partial charge < -0.3 is 4.74 Å². The Morgan fingerprint density at radius 2 is 1.62 bits per heavy atom. The normalized spacial score (nSPS) is 11.1. The Morgan fingerprint density at radius 1 is 0.912 bits per heavy atom. The number of carbonyl (C=O) groups is 2. The smallest absolute Gasteiger partial charge is 0.343 e. The fourth-order valence-electron chi connectivity index (χ4n) is 3.71. The average Bonchev–Trinajstić information content (AvgIpc) is 2.85. The standard InChI is InChI=1S/C28H31ClN2O3/c1-2-3-4-5-6-7-8-13-27(32)31-30-20-25-24-12-10-9-11-21(24)16-19-26(25)34-28(33)22-14-17-23(29)18-15-22/h9-12,14-20H,2-8,13H2,1H3,(H,31,32)/b30-20-. The number of hydrogen-bond donors (Lipinski definition) is 1. The molecule has 1 N–H and O–H groups in total. The van der Waals surface area contributed by atoms with Gasteiger partial charge in [-0.2, -0.15) is 5.10 Å². The second-order valence-corrected chi connectivity index (χ2v) is 8.70. The molecule has 0 aliphatic carbocycles. The highest BCUT2D eigenvalue weighted by molar-refractivity contribution is 6.30. The first-order chi connectivity index (χ1) is 16.6. The molecule has 3 aromatic rings. The van der Waals surface area contributed by atoms with Crippen LogP contribution in [0.15, 0.2) is 65.8 Å². The molecule has 0 aliphatic rings. The number of halogens is 1. The number of ether oxygens (including phenoxy) is 1. The van der Waals surface area contributed by atoms with E-state index in [1.54, 1.807) is 30.3 Å². The molecule has 0 aromatic heterocycles. The summed E-state index contributed by atoms with van der Waals surface area (Å²) >= 11 is 5.91. The van der Waals surface area contributed by atoms with Gasteiger partial charge in [0.2, 0.25) is 5.91 Å². The molecule has 178 valence electrons. The van der Waals surface area contributed by atoms with Crippen molar-refractivity contribution in [1.82, 2.24) is 5.43 Å². The van der Waals surface area contributed by atoms with E-state index in [-0.39, 0.29) is 5.91 Å². The van der Waals surface area contributed by atoms with Crippen LogP contribution in [0.3, 0.4) is 0 Å². The van der Waals surface area contributed by atoms with Crippen LogP contribution in [0, 0.1) is 0 Å². The van der Waals surface area contributed by atoms with Crippen LogP contribution in [0.25, 0.3) is 10.8 Å². The number of unbranched alkanes of at least 4 members (excludes halogenated alkanes) is 6. The molecule has 0 aliphatic heterocycles. The number of hydrazone groups is 1. The third-order valence-electron chi connectivity index (χ3n) is 5.60. The van der Waals surface area contributed by atoms with Crippen LogP contribution >= 0.6 is 11.6 Å². The topological polar surface area (TPSA) is 67.8 Å². The summed E-state index contributed by atoms with van der Waals surface area (Å²) in [5.74, 6) is -0.252. The van der Waals surface area contributed by atoms with Crippen LogP contribution in [0.4, 0.5) is 0 Å². The fourth-order valence-corrected chi connectivity index (χ4v) is 3.84. The summed E-state index contributed by atoms with van der Waals surface area (Å²) in [4.78, 5) is 24.8. The fraction of sp³-hybridized carbons (Fsp3) is 0.321. The highest BCUT2D eigenvalue weighted by Crippen LogP contribution is 2.27. The quantitative estimate of drug-likeness (QED) is 0.0975. The molecule has 34 heavy (non-hydrogen) atoms. The number of esters is 1. The lowest BCUT2D eigenvalue weighted by Gasteiger charge is -2.10. The number of amides is 1. The molecule has 0 atom stereocenters. The highest BCUT2D eigenvalue weighted by atomic mass is 35.5. The summed E-state index contributed by atoms with van der Waals surface area (Å²) in [6.45, 7) is 2.20. The lowest BCUT2D eigenvalue weighted by Crippen LogP contribution is -2.17. The Labute approximate surface area is 206 Å². The Bertz CT molecular complexity index is 1130. The zero-order valence-corrected chi connectivity index (χ0v) is 20.3. The molecule has 3 rings (SSSR count).